The molecule has 1 aliphatic heterocycles. The molecular formula is C18H14N3S2+. The minimum atomic E-state index is 0.734. The van der Waals surface area contributed by atoms with Gasteiger partial charge >= 0.3 is 0 Å². The standard InChI is InChI=1S/C18H14N3S2/c1-20-13-7-3-5-9-15(13)22-17(20)12(11-19)18-21(2)14-8-4-6-10-16(14)23-18/h3-10H,1-2H3/q+1. The maximum Gasteiger partial charge on any atom is 0.283 e. The summed E-state index contributed by atoms with van der Waals surface area (Å²) in [5.74, 6) is 0. The van der Waals surface area contributed by atoms with E-state index in [9.17, 15) is 5.26 Å². The van der Waals surface area contributed by atoms with E-state index in [1.807, 2.05) is 38.4 Å². The monoisotopic (exact) mass is 336 g/mol. The van der Waals surface area contributed by atoms with Crippen LogP contribution in [0.2, 0.25) is 0 Å². The van der Waals surface area contributed by atoms with E-state index in [2.05, 4.69) is 39.8 Å². The van der Waals surface area contributed by atoms with E-state index in [1.165, 1.54) is 9.60 Å². The molecule has 0 amide bonds. The van der Waals surface area contributed by atoms with Gasteiger partial charge in [-0.25, -0.2) is 0 Å². The number of rotatable bonds is 1. The summed E-state index contributed by atoms with van der Waals surface area (Å²) < 4.78 is 3.31. The van der Waals surface area contributed by atoms with Crippen molar-refractivity contribution in [3.05, 3.63) is 58.6 Å². The van der Waals surface area contributed by atoms with Gasteiger partial charge in [0.2, 0.25) is 5.52 Å². The van der Waals surface area contributed by atoms with Crippen LogP contribution in [0.3, 0.4) is 0 Å². The Kier molecular flexibility index (Phi) is 3.37. The number of thioether (sulfide) groups is 1. The van der Waals surface area contributed by atoms with Crippen LogP contribution >= 0.6 is 23.1 Å². The normalized spacial score (nSPS) is 15.6. The van der Waals surface area contributed by atoms with Gasteiger partial charge in [-0.05, 0) is 18.2 Å². The fourth-order valence-electron chi connectivity index (χ4n) is 2.83. The summed E-state index contributed by atoms with van der Waals surface area (Å²) in [4.78, 5) is 3.31. The highest BCUT2D eigenvalue weighted by Gasteiger charge is 2.30. The molecule has 0 spiro atoms. The van der Waals surface area contributed by atoms with Crippen molar-refractivity contribution in [2.45, 2.75) is 4.90 Å². The van der Waals surface area contributed by atoms with Crippen LogP contribution < -0.4 is 9.47 Å². The second-order valence-corrected chi connectivity index (χ2v) is 7.42. The molecule has 23 heavy (non-hydrogen) atoms. The number of para-hydroxylation sites is 2. The number of nitrogens with zero attached hydrogens (tertiary/aromatic N) is 3. The van der Waals surface area contributed by atoms with E-state index >= 15 is 0 Å². The van der Waals surface area contributed by atoms with Gasteiger partial charge in [-0.2, -0.15) is 9.83 Å². The number of thiazole rings is 1. The molecule has 3 aromatic rings. The number of allylic oxidation sites excluding steroid dienone is 1. The molecule has 0 saturated heterocycles. The summed E-state index contributed by atoms with van der Waals surface area (Å²) >= 11 is 3.33. The smallest absolute Gasteiger partial charge is 0.283 e. The average molecular weight is 336 g/mol. The number of aryl methyl sites for hydroxylation is 1. The lowest BCUT2D eigenvalue weighted by molar-refractivity contribution is -0.642. The zero-order valence-corrected chi connectivity index (χ0v) is 14.4. The Morgan fingerprint density at radius 3 is 2.61 bits per heavy atom. The van der Waals surface area contributed by atoms with Crippen molar-refractivity contribution >= 4 is 44.6 Å². The molecule has 2 heterocycles. The highest BCUT2D eigenvalue weighted by Crippen LogP contribution is 2.47. The fourth-order valence-corrected chi connectivity index (χ4v) is 5.18. The molecule has 0 unspecified atom stereocenters. The van der Waals surface area contributed by atoms with Crippen LogP contribution in [0.5, 0.6) is 0 Å². The molecule has 1 aliphatic rings. The number of nitriles is 1. The topological polar surface area (TPSA) is 30.9 Å². The van der Waals surface area contributed by atoms with Crippen molar-refractivity contribution < 1.29 is 4.57 Å². The van der Waals surface area contributed by atoms with Gasteiger partial charge in [0.15, 0.2) is 5.57 Å². The molecule has 2 aromatic carbocycles. The predicted octanol–water partition coefficient (Wildman–Crippen LogP) is 4.16. The van der Waals surface area contributed by atoms with Gasteiger partial charge < -0.3 is 4.90 Å². The predicted molar refractivity (Wildman–Crippen MR) is 96.2 cm³/mol. The number of hydrogen-bond acceptors (Lipinski definition) is 4. The van der Waals surface area contributed by atoms with Crippen LogP contribution in [0.25, 0.3) is 15.8 Å². The molecule has 0 aliphatic carbocycles. The maximum atomic E-state index is 9.83. The van der Waals surface area contributed by atoms with Crippen LogP contribution in [-0.4, -0.2) is 7.05 Å². The lowest BCUT2D eigenvalue weighted by Crippen LogP contribution is -2.30. The van der Waals surface area contributed by atoms with Crippen molar-refractivity contribution in [3.63, 3.8) is 0 Å². The van der Waals surface area contributed by atoms with Crippen LogP contribution in [0.15, 0.2) is 58.5 Å². The molecule has 3 nitrogen and oxygen atoms in total. The Morgan fingerprint density at radius 2 is 1.87 bits per heavy atom. The Hall–Kier alpha value is -2.29. The summed E-state index contributed by atoms with van der Waals surface area (Å²) in [5.41, 5.74) is 3.05. The molecule has 4 rings (SSSR count). The van der Waals surface area contributed by atoms with E-state index in [0.717, 1.165) is 26.8 Å². The third kappa shape index (κ3) is 2.14. The quantitative estimate of drug-likeness (QED) is 0.494. The van der Waals surface area contributed by atoms with Gasteiger partial charge in [-0.1, -0.05) is 47.4 Å². The Morgan fingerprint density at radius 1 is 1.13 bits per heavy atom. The van der Waals surface area contributed by atoms with Gasteiger partial charge in [0, 0.05) is 18.0 Å². The number of hydrogen-bond donors (Lipinski definition) is 0. The van der Waals surface area contributed by atoms with E-state index < -0.39 is 0 Å². The summed E-state index contributed by atoms with van der Waals surface area (Å²) in [6.45, 7) is 0. The minimum absolute atomic E-state index is 0.734. The lowest BCUT2D eigenvalue weighted by atomic mass is 10.2. The van der Waals surface area contributed by atoms with Crippen molar-refractivity contribution in [2.75, 3.05) is 11.9 Å². The van der Waals surface area contributed by atoms with Crippen LogP contribution in [-0.2, 0) is 7.05 Å². The van der Waals surface area contributed by atoms with E-state index in [4.69, 9.17) is 0 Å². The molecule has 0 bridgehead atoms. The molecule has 1 aromatic heterocycles. The lowest BCUT2D eigenvalue weighted by Gasteiger charge is -2.13. The average Bonchev–Trinajstić information content (AvgIpc) is 3.08. The highest BCUT2D eigenvalue weighted by atomic mass is 32.2. The van der Waals surface area contributed by atoms with Crippen molar-refractivity contribution in [1.82, 2.24) is 0 Å². The first-order valence-electron chi connectivity index (χ1n) is 7.23. The minimum Gasteiger partial charge on any atom is -0.337 e. The maximum absolute atomic E-state index is 9.83. The Bertz CT molecular complexity index is 995. The zero-order valence-electron chi connectivity index (χ0n) is 12.8. The van der Waals surface area contributed by atoms with Gasteiger partial charge in [0.1, 0.15) is 22.8 Å². The fraction of sp³-hybridized carbons (Fsp3) is 0.111. The second-order valence-electron chi connectivity index (χ2n) is 5.35. The molecule has 5 heteroatoms. The molecule has 112 valence electrons. The SMILES string of the molecule is CN1C(=C(C#N)c2sc3ccccc3[n+]2C)Sc2ccccc21. The van der Waals surface area contributed by atoms with Gasteiger partial charge in [0.05, 0.1) is 5.69 Å². The molecule has 0 fully saturated rings. The summed E-state index contributed by atoms with van der Waals surface area (Å²) in [5, 5.41) is 11.8. The Labute approximate surface area is 143 Å². The van der Waals surface area contributed by atoms with Crippen molar-refractivity contribution in [1.29, 1.82) is 5.26 Å². The van der Waals surface area contributed by atoms with Crippen molar-refractivity contribution in [2.24, 2.45) is 7.05 Å². The van der Waals surface area contributed by atoms with Crippen LogP contribution in [0.4, 0.5) is 5.69 Å². The largest absolute Gasteiger partial charge is 0.337 e. The first-order valence-corrected chi connectivity index (χ1v) is 8.87. The van der Waals surface area contributed by atoms with Gasteiger partial charge in [-0.3, -0.25) is 0 Å². The molecule has 0 atom stereocenters. The summed E-state index contributed by atoms with van der Waals surface area (Å²) in [6, 6.07) is 19.0. The van der Waals surface area contributed by atoms with Crippen LogP contribution in [0.1, 0.15) is 5.01 Å². The third-order valence-corrected chi connectivity index (χ3v) is 6.49. The molecule has 0 N–H and O–H groups in total. The second kappa shape index (κ2) is 5.41. The van der Waals surface area contributed by atoms with Gasteiger partial charge in [-0.15, -0.1) is 0 Å². The summed E-state index contributed by atoms with van der Waals surface area (Å²) in [6.07, 6.45) is 0. The third-order valence-electron chi connectivity index (χ3n) is 4.02. The van der Waals surface area contributed by atoms with E-state index in [0.29, 0.717) is 0 Å². The van der Waals surface area contributed by atoms with E-state index in [1.54, 1.807) is 23.1 Å². The number of aromatic nitrogens is 1. The van der Waals surface area contributed by atoms with E-state index in [-0.39, 0.29) is 0 Å². The molecular weight excluding hydrogens is 322 g/mol. The number of benzene rings is 2. The Balaban J connectivity index is 1.93. The zero-order chi connectivity index (χ0) is 16.0. The van der Waals surface area contributed by atoms with Crippen LogP contribution in [0, 0.1) is 11.3 Å². The first-order chi connectivity index (χ1) is 11.2. The van der Waals surface area contributed by atoms with Gasteiger partial charge in [0.25, 0.3) is 5.01 Å². The molecule has 0 radical (unpaired) electrons. The number of anilines is 1. The first kappa shape index (κ1) is 14.3. The number of fused-ring (bicyclic) bond motifs is 2. The van der Waals surface area contributed by atoms with Crippen molar-refractivity contribution in [3.8, 4) is 6.07 Å². The highest BCUT2D eigenvalue weighted by molar-refractivity contribution is 8.04. The summed E-state index contributed by atoms with van der Waals surface area (Å²) in [7, 11) is 4.05. The molecule has 0 saturated carbocycles.